The van der Waals surface area contributed by atoms with Gasteiger partial charge in [0.05, 0.1) is 6.04 Å². The summed E-state index contributed by atoms with van der Waals surface area (Å²) in [5.74, 6) is 1.26. The summed E-state index contributed by atoms with van der Waals surface area (Å²) in [5.41, 5.74) is 7.23. The second kappa shape index (κ2) is 8.17. The summed E-state index contributed by atoms with van der Waals surface area (Å²) in [7, 11) is 0. The van der Waals surface area contributed by atoms with Gasteiger partial charge < -0.3 is 15.5 Å². The Hall–Kier alpha value is -1.05. The van der Waals surface area contributed by atoms with Crippen LogP contribution in [0.3, 0.4) is 0 Å². The molecule has 0 amide bonds. The molecule has 0 radical (unpaired) electrons. The summed E-state index contributed by atoms with van der Waals surface area (Å²) in [6.45, 7) is 5.75. The second-order valence-corrected chi connectivity index (χ2v) is 6.29. The monoisotopic (exact) mass is 432 g/mol. The third-order valence-corrected chi connectivity index (χ3v) is 4.64. The number of halogens is 2. The molecule has 1 aromatic rings. The van der Waals surface area contributed by atoms with Crippen LogP contribution in [0.2, 0.25) is 0 Å². The van der Waals surface area contributed by atoms with Crippen molar-refractivity contribution in [3.8, 4) is 0 Å². The van der Waals surface area contributed by atoms with Crippen molar-refractivity contribution in [2.45, 2.75) is 32.2 Å². The highest BCUT2D eigenvalue weighted by molar-refractivity contribution is 14.0. The van der Waals surface area contributed by atoms with Gasteiger partial charge in [-0.3, -0.25) is 0 Å². The molecule has 0 aromatic heterocycles. The molecule has 2 N–H and O–H groups in total. The van der Waals surface area contributed by atoms with Crippen LogP contribution >= 0.6 is 24.0 Å². The van der Waals surface area contributed by atoms with Crippen LogP contribution in [0.15, 0.2) is 29.3 Å². The summed E-state index contributed by atoms with van der Waals surface area (Å²) in [5, 5.41) is 0. The fraction of sp³-hybridized carbons (Fsp3) is 0.588. The lowest BCUT2D eigenvalue weighted by molar-refractivity contribution is 0.380. The van der Waals surface area contributed by atoms with Crippen LogP contribution in [0.1, 0.15) is 26.2 Å². The first-order valence-electron chi connectivity index (χ1n) is 8.26. The van der Waals surface area contributed by atoms with Crippen LogP contribution < -0.4 is 10.6 Å². The molecular formula is C17H26FIN4. The SMILES string of the molecule is CCCC1CC1N=C(N)N1CCN(c2ccc(F)cc2)CC1.I. The molecule has 1 saturated heterocycles. The van der Waals surface area contributed by atoms with E-state index in [-0.39, 0.29) is 29.8 Å². The molecule has 1 saturated carbocycles. The van der Waals surface area contributed by atoms with Crippen LogP contribution in [0.4, 0.5) is 10.1 Å². The highest BCUT2D eigenvalue weighted by Crippen LogP contribution is 2.37. The molecule has 128 valence electrons. The lowest BCUT2D eigenvalue weighted by Crippen LogP contribution is -2.51. The van der Waals surface area contributed by atoms with Crippen LogP contribution in [-0.2, 0) is 0 Å². The van der Waals surface area contributed by atoms with Gasteiger partial charge in [-0.25, -0.2) is 9.38 Å². The zero-order valence-corrected chi connectivity index (χ0v) is 15.9. The number of hydrogen-bond donors (Lipinski definition) is 1. The molecule has 0 spiro atoms. The predicted molar refractivity (Wildman–Crippen MR) is 104 cm³/mol. The number of benzene rings is 1. The van der Waals surface area contributed by atoms with Gasteiger partial charge in [-0.1, -0.05) is 13.3 Å². The molecule has 6 heteroatoms. The van der Waals surface area contributed by atoms with Gasteiger partial charge in [-0.2, -0.15) is 0 Å². The predicted octanol–water partition coefficient (Wildman–Crippen LogP) is 3.07. The van der Waals surface area contributed by atoms with E-state index in [4.69, 9.17) is 5.73 Å². The number of nitrogens with zero attached hydrogens (tertiary/aromatic N) is 3. The highest BCUT2D eigenvalue weighted by atomic mass is 127. The lowest BCUT2D eigenvalue weighted by atomic mass is 10.2. The Labute approximate surface area is 154 Å². The van der Waals surface area contributed by atoms with E-state index >= 15 is 0 Å². The van der Waals surface area contributed by atoms with Crippen molar-refractivity contribution in [3.63, 3.8) is 0 Å². The number of nitrogens with two attached hydrogens (primary N) is 1. The van der Waals surface area contributed by atoms with Crippen LogP contribution in [0, 0.1) is 11.7 Å². The van der Waals surface area contributed by atoms with Crippen molar-refractivity contribution < 1.29 is 4.39 Å². The van der Waals surface area contributed by atoms with Crippen molar-refractivity contribution in [1.29, 1.82) is 0 Å². The first-order valence-corrected chi connectivity index (χ1v) is 8.26. The van der Waals surface area contributed by atoms with E-state index in [0.29, 0.717) is 12.0 Å². The Morgan fingerprint density at radius 2 is 1.87 bits per heavy atom. The van der Waals surface area contributed by atoms with Gasteiger partial charge in [-0.15, -0.1) is 24.0 Å². The molecule has 0 bridgehead atoms. The van der Waals surface area contributed by atoms with Crippen molar-refractivity contribution in [1.82, 2.24) is 4.90 Å². The molecule has 1 aromatic carbocycles. The van der Waals surface area contributed by atoms with Gasteiger partial charge in [0.15, 0.2) is 5.96 Å². The molecular weight excluding hydrogens is 406 g/mol. The minimum Gasteiger partial charge on any atom is -0.370 e. The topological polar surface area (TPSA) is 44.9 Å². The minimum absolute atomic E-state index is 0. The Morgan fingerprint density at radius 3 is 2.48 bits per heavy atom. The summed E-state index contributed by atoms with van der Waals surface area (Å²) in [6, 6.07) is 7.15. The Morgan fingerprint density at radius 1 is 1.22 bits per heavy atom. The van der Waals surface area contributed by atoms with E-state index in [0.717, 1.165) is 37.8 Å². The highest BCUT2D eigenvalue weighted by Gasteiger charge is 2.36. The van der Waals surface area contributed by atoms with E-state index < -0.39 is 0 Å². The van der Waals surface area contributed by atoms with Gasteiger partial charge in [0.2, 0.25) is 0 Å². The van der Waals surface area contributed by atoms with Gasteiger partial charge in [0.1, 0.15) is 5.82 Å². The van der Waals surface area contributed by atoms with Gasteiger partial charge in [0.25, 0.3) is 0 Å². The molecule has 2 fully saturated rings. The van der Waals surface area contributed by atoms with Gasteiger partial charge in [-0.05, 0) is 43.0 Å². The smallest absolute Gasteiger partial charge is 0.191 e. The maximum Gasteiger partial charge on any atom is 0.191 e. The van der Waals surface area contributed by atoms with Crippen molar-refractivity contribution in [2.24, 2.45) is 16.6 Å². The maximum atomic E-state index is 13.0. The fourth-order valence-electron chi connectivity index (χ4n) is 3.17. The van der Waals surface area contributed by atoms with Crippen LogP contribution in [0.25, 0.3) is 0 Å². The lowest BCUT2D eigenvalue weighted by Gasteiger charge is -2.36. The average Bonchev–Trinajstić information content (AvgIpc) is 3.26. The Bertz CT molecular complexity index is 526. The van der Waals surface area contributed by atoms with Crippen LogP contribution in [-0.4, -0.2) is 43.1 Å². The summed E-state index contributed by atoms with van der Waals surface area (Å²) in [6.07, 6.45) is 3.69. The molecule has 1 aliphatic heterocycles. The summed E-state index contributed by atoms with van der Waals surface area (Å²) in [4.78, 5) is 9.11. The minimum atomic E-state index is -0.190. The Kier molecular flexibility index (Phi) is 6.50. The van der Waals surface area contributed by atoms with Crippen molar-refractivity contribution in [2.75, 3.05) is 31.1 Å². The average molecular weight is 432 g/mol. The van der Waals surface area contributed by atoms with Crippen molar-refractivity contribution >= 4 is 35.6 Å². The summed E-state index contributed by atoms with van der Waals surface area (Å²) >= 11 is 0. The number of rotatable bonds is 4. The number of piperazine rings is 1. The molecule has 2 aliphatic rings. The molecule has 1 aliphatic carbocycles. The van der Waals surface area contributed by atoms with E-state index in [1.807, 2.05) is 12.1 Å². The summed E-state index contributed by atoms with van der Waals surface area (Å²) < 4.78 is 13.0. The third-order valence-electron chi connectivity index (χ3n) is 4.64. The first-order chi connectivity index (χ1) is 10.7. The molecule has 1 heterocycles. The second-order valence-electron chi connectivity index (χ2n) is 6.29. The first kappa shape index (κ1) is 18.3. The number of guanidine groups is 1. The third kappa shape index (κ3) is 4.71. The largest absolute Gasteiger partial charge is 0.370 e. The van der Waals surface area contributed by atoms with E-state index in [1.54, 1.807) is 0 Å². The fourth-order valence-corrected chi connectivity index (χ4v) is 3.17. The van der Waals surface area contributed by atoms with Crippen LogP contribution in [0.5, 0.6) is 0 Å². The van der Waals surface area contributed by atoms with E-state index in [2.05, 4.69) is 21.7 Å². The standard InChI is InChI=1S/C17H25FN4.HI/c1-2-3-13-12-16(13)20-17(19)22-10-8-21(9-11-22)15-6-4-14(18)5-7-15;/h4-7,13,16H,2-3,8-12H2,1H3,(H2,19,20);1H. The van der Waals surface area contributed by atoms with Crippen molar-refractivity contribution in [3.05, 3.63) is 30.1 Å². The maximum absolute atomic E-state index is 13.0. The van der Waals surface area contributed by atoms with Gasteiger partial charge in [0, 0.05) is 31.9 Å². The van der Waals surface area contributed by atoms with E-state index in [1.165, 1.54) is 31.4 Å². The number of anilines is 1. The normalized spacial score (nSPS) is 24.3. The number of aliphatic imine (C=N–C) groups is 1. The molecule has 2 unspecified atom stereocenters. The Balaban J connectivity index is 0.00000192. The molecule has 2 atom stereocenters. The molecule has 23 heavy (non-hydrogen) atoms. The van der Waals surface area contributed by atoms with Gasteiger partial charge >= 0.3 is 0 Å². The zero-order valence-electron chi connectivity index (χ0n) is 13.6. The quantitative estimate of drug-likeness (QED) is 0.452. The van der Waals surface area contributed by atoms with E-state index in [9.17, 15) is 4.39 Å². The zero-order chi connectivity index (χ0) is 15.5. The number of hydrogen-bond acceptors (Lipinski definition) is 2. The molecule has 4 nitrogen and oxygen atoms in total. The molecule has 3 rings (SSSR count).